The highest BCUT2D eigenvalue weighted by Gasteiger charge is 2.25. The zero-order valence-electron chi connectivity index (χ0n) is 6.23. The van der Waals surface area contributed by atoms with E-state index in [0.29, 0.717) is 0 Å². The molecule has 66 valence electrons. The average Bonchev–Trinajstić information content (AvgIpc) is 2.10. The van der Waals surface area contributed by atoms with Crippen LogP contribution in [-0.4, -0.2) is 24.8 Å². The van der Waals surface area contributed by atoms with Crippen LogP contribution in [0.15, 0.2) is 0 Å². The van der Waals surface area contributed by atoms with Gasteiger partial charge in [-0.15, -0.1) is 0 Å². The predicted octanol–water partition coefficient (Wildman–Crippen LogP) is 0.00160. The van der Waals surface area contributed by atoms with Crippen LogP contribution in [0, 0.1) is 5.92 Å². The molecule has 0 aromatic rings. The van der Waals surface area contributed by atoms with Gasteiger partial charge < -0.3 is 5.73 Å². The molecule has 1 aliphatic carbocycles. The third-order valence-electron chi connectivity index (χ3n) is 2.03. The van der Waals surface area contributed by atoms with Gasteiger partial charge in [0.1, 0.15) is 0 Å². The second kappa shape index (κ2) is 3.08. The molecule has 11 heavy (non-hydrogen) atoms. The number of hydrogen-bond donors (Lipinski definition) is 2. The van der Waals surface area contributed by atoms with Gasteiger partial charge in [0.05, 0.1) is 5.75 Å². The number of nitrogens with two attached hydrogens (primary N) is 1. The smallest absolute Gasteiger partial charge is 0.265 e. The Bertz CT molecular complexity index is 224. The maximum Gasteiger partial charge on any atom is 0.265 e. The molecule has 0 aromatic carbocycles. The third kappa shape index (κ3) is 3.18. The van der Waals surface area contributed by atoms with Crippen LogP contribution in [0.3, 0.4) is 0 Å². The van der Waals surface area contributed by atoms with E-state index in [4.69, 9.17) is 10.3 Å². The fraction of sp³-hybridized carbons (Fsp3) is 1.00. The fourth-order valence-corrected chi connectivity index (χ4v) is 2.46. The van der Waals surface area contributed by atoms with Crippen molar-refractivity contribution in [1.29, 1.82) is 0 Å². The van der Waals surface area contributed by atoms with E-state index < -0.39 is 10.1 Å². The summed E-state index contributed by atoms with van der Waals surface area (Å²) in [6, 6.07) is 0.127. The summed E-state index contributed by atoms with van der Waals surface area (Å²) in [6.07, 6.45) is 2.42. The largest absolute Gasteiger partial charge is 0.328 e. The van der Waals surface area contributed by atoms with Crippen LogP contribution < -0.4 is 5.73 Å². The van der Waals surface area contributed by atoms with E-state index in [1.807, 2.05) is 0 Å². The van der Waals surface area contributed by atoms with Crippen LogP contribution in [0.4, 0.5) is 0 Å². The van der Waals surface area contributed by atoms with Crippen LogP contribution in [0.2, 0.25) is 0 Å². The average molecular weight is 179 g/mol. The summed E-state index contributed by atoms with van der Waals surface area (Å²) in [5, 5.41) is 0. The molecule has 1 saturated carbocycles. The van der Waals surface area contributed by atoms with E-state index in [0.717, 1.165) is 19.3 Å². The molecule has 0 saturated heterocycles. The van der Waals surface area contributed by atoms with E-state index in [9.17, 15) is 8.42 Å². The van der Waals surface area contributed by atoms with Crippen molar-refractivity contribution in [3.05, 3.63) is 0 Å². The molecule has 0 amide bonds. The molecule has 0 aliphatic heterocycles. The topological polar surface area (TPSA) is 80.4 Å². The fourth-order valence-electron chi connectivity index (χ4n) is 1.56. The van der Waals surface area contributed by atoms with Gasteiger partial charge in [0.2, 0.25) is 0 Å². The molecule has 0 radical (unpaired) electrons. The summed E-state index contributed by atoms with van der Waals surface area (Å²) < 4.78 is 29.3. The van der Waals surface area contributed by atoms with Crippen molar-refractivity contribution in [2.45, 2.75) is 25.3 Å². The summed E-state index contributed by atoms with van der Waals surface area (Å²) in [5.74, 6) is -0.0549. The molecule has 0 heterocycles. The standard InChI is InChI=1S/C6H13NO3S/c7-6-2-1-5(3-6)4-11(8,9)10/h5-6H,1-4,7H2,(H,8,9,10). The Morgan fingerprint density at radius 2 is 2.09 bits per heavy atom. The van der Waals surface area contributed by atoms with Crippen molar-refractivity contribution in [1.82, 2.24) is 0 Å². The molecule has 5 heteroatoms. The first-order valence-corrected chi connectivity index (χ1v) is 5.29. The van der Waals surface area contributed by atoms with E-state index >= 15 is 0 Å². The SMILES string of the molecule is NC1CCC(CS(=O)(=O)O)C1. The van der Waals surface area contributed by atoms with Gasteiger partial charge in [0, 0.05) is 6.04 Å². The quantitative estimate of drug-likeness (QED) is 0.585. The van der Waals surface area contributed by atoms with Crippen molar-refractivity contribution >= 4 is 10.1 Å². The Morgan fingerprint density at radius 3 is 2.45 bits per heavy atom. The summed E-state index contributed by atoms with van der Waals surface area (Å²) >= 11 is 0. The van der Waals surface area contributed by atoms with E-state index in [2.05, 4.69) is 0 Å². The van der Waals surface area contributed by atoms with Gasteiger partial charge in [-0.2, -0.15) is 8.42 Å². The maximum atomic E-state index is 10.4. The van der Waals surface area contributed by atoms with Gasteiger partial charge in [-0.3, -0.25) is 4.55 Å². The Hall–Kier alpha value is -0.130. The maximum absolute atomic E-state index is 10.4. The highest BCUT2D eigenvalue weighted by molar-refractivity contribution is 7.85. The zero-order chi connectivity index (χ0) is 8.48. The Kier molecular flexibility index (Phi) is 2.51. The molecule has 1 fully saturated rings. The first-order valence-electron chi connectivity index (χ1n) is 3.68. The molecule has 1 rings (SSSR count). The van der Waals surface area contributed by atoms with Gasteiger partial charge in [-0.05, 0) is 25.2 Å². The summed E-state index contributed by atoms with van der Waals surface area (Å²) in [7, 11) is -3.79. The van der Waals surface area contributed by atoms with Crippen molar-refractivity contribution in [3.8, 4) is 0 Å². The van der Waals surface area contributed by atoms with Crippen LogP contribution >= 0.6 is 0 Å². The van der Waals surface area contributed by atoms with Crippen molar-refractivity contribution in [3.63, 3.8) is 0 Å². The van der Waals surface area contributed by atoms with Gasteiger partial charge in [0.25, 0.3) is 10.1 Å². The minimum Gasteiger partial charge on any atom is -0.328 e. The summed E-state index contributed by atoms with van der Waals surface area (Å²) in [4.78, 5) is 0. The minimum absolute atomic E-state index is 0.0694. The van der Waals surface area contributed by atoms with Gasteiger partial charge in [0.15, 0.2) is 0 Å². The molecular formula is C6H13NO3S. The zero-order valence-corrected chi connectivity index (χ0v) is 7.05. The Labute approximate surface area is 66.5 Å². The van der Waals surface area contributed by atoms with Crippen molar-refractivity contribution in [2.75, 3.05) is 5.75 Å². The highest BCUT2D eigenvalue weighted by Crippen LogP contribution is 2.24. The first-order chi connectivity index (χ1) is 4.97. The predicted molar refractivity (Wildman–Crippen MR) is 41.7 cm³/mol. The first kappa shape index (κ1) is 8.96. The lowest BCUT2D eigenvalue weighted by atomic mass is 10.1. The number of hydrogen-bond acceptors (Lipinski definition) is 3. The lowest BCUT2D eigenvalue weighted by Crippen LogP contribution is -2.18. The summed E-state index contributed by atoms with van der Waals surface area (Å²) in [6.45, 7) is 0. The monoisotopic (exact) mass is 179 g/mol. The molecule has 2 unspecified atom stereocenters. The van der Waals surface area contributed by atoms with Crippen LogP contribution in [0.5, 0.6) is 0 Å². The highest BCUT2D eigenvalue weighted by atomic mass is 32.2. The second-order valence-corrected chi connectivity index (χ2v) is 4.68. The number of rotatable bonds is 2. The minimum atomic E-state index is -3.79. The molecule has 0 bridgehead atoms. The molecule has 2 atom stereocenters. The normalized spacial score (nSPS) is 32.5. The summed E-state index contributed by atoms with van der Waals surface area (Å²) in [5.41, 5.74) is 5.57. The van der Waals surface area contributed by atoms with E-state index in [-0.39, 0.29) is 17.7 Å². The van der Waals surface area contributed by atoms with Crippen LogP contribution in [-0.2, 0) is 10.1 Å². The lowest BCUT2D eigenvalue weighted by Gasteiger charge is -2.05. The Morgan fingerprint density at radius 1 is 1.45 bits per heavy atom. The molecule has 4 nitrogen and oxygen atoms in total. The van der Waals surface area contributed by atoms with Gasteiger partial charge >= 0.3 is 0 Å². The molecule has 0 spiro atoms. The molecule has 0 aromatic heterocycles. The van der Waals surface area contributed by atoms with Crippen LogP contribution in [0.1, 0.15) is 19.3 Å². The molecular weight excluding hydrogens is 166 g/mol. The molecule has 1 aliphatic rings. The van der Waals surface area contributed by atoms with E-state index in [1.165, 1.54) is 0 Å². The Balaban J connectivity index is 2.41. The van der Waals surface area contributed by atoms with Gasteiger partial charge in [-0.25, -0.2) is 0 Å². The van der Waals surface area contributed by atoms with Crippen molar-refractivity contribution in [2.24, 2.45) is 11.7 Å². The lowest BCUT2D eigenvalue weighted by molar-refractivity contribution is 0.464. The second-order valence-electron chi connectivity index (χ2n) is 3.19. The van der Waals surface area contributed by atoms with Gasteiger partial charge in [-0.1, -0.05) is 0 Å². The molecule has 3 N–H and O–H groups in total. The van der Waals surface area contributed by atoms with E-state index in [1.54, 1.807) is 0 Å². The van der Waals surface area contributed by atoms with Crippen molar-refractivity contribution < 1.29 is 13.0 Å². The van der Waals surface area contributed by atoms with Crippen LogP contribution in [0.25, 0.3) is 0 Å². The third-order valence-corrected chi connectivity index (χ3v) is 2.92.